The zero-order chi connectivity index (χ0) is 11.9. The number of thioether (sulfide) groups is 1. The van der Waals surface area contributed by atoms with Crippen LogP contribution < -0.4 is 5.32 Å². The Bertz CT molecular complexity index is 252. The van der Waals surface area contributed by atoms with Gasteiger partial charge in [-0.25, -0.2) is 8.42 Å². The Kier molecular flexibility index (Phi) is 7.65. The van der Waals surface area contributed by atoms with E-state index in [1.807, 2.05) is 0 Å². The molecule has 0 saturated heterocycles. The molecule has 15 heavy (non-hydrogen) atoms. The van der Waals surface area contributed by atoms with Crippen molar-refractivity contribution in [3.05, 3.63) is 0 Å². The van der Waals surface area contributed by atoms with Gasteiger partial charge in [-0.1, -0.05) is 13.8 Å². The monoisotopic (exact) mass is 253 g/mol. The maximum absolute atomic E-state index is 10.9. The lowest BCUT2D eigenvalue weighted by molar-refractivity contribution is 0.530. The van der Waals surface area contributed by atoms with Crippen LogP contribution in [0.2, 0.25) is 0 Å². The predicted molar refractivity (Wildman–Crippen MR) is 69.4 cm³/mol. The highest BCUT2D eigenvalue weighted by Crippen LogP contribution is 2.15. The van der Waals surface area contributed by atoms with Crippen LogP contribution in [-0.2, 0) is 9.84 Å². The van der Waals surface area contributed by atoms with Gasteiger partial charge < -0.3 is 5.32 Å². The number of hydrogen-bond acceptors (Lipinski definition) is 4. The van der Waals surface area contributed by atoms with Crippen molar-refractivity contribution in [2.75, 3.05) is 24.3 Å². The van der Waals surface area contributed by atoms with Gasteiger partial charge in [0.1, 0.15) is 9.84 Å². The summed E-state index contributed by atoms with van der Waals surface area (Å²) in [7, 11) is -2.79. The lowest BCUT2D eigenvalue weighted by atomic mass is 10.2. The lowest BCUT2D eigenvalue weighted by Gasteiger charge is -2.17. The Labute approximate surface area is 98.3 Å². The van der Waals surface area contributed by atoms with Crippen LogP contribution >= 0.6 is 11.8 Å². The highest BCUT2D eigenvalue weighted by molar-refractivity contribution is 8.01. The van der Waals surface area contributed by atoms with Gasteiger partial charge in [0, 0.05) is 23.3 Å². The van der Waals surface area contributed by atoms with Gasteiger partial charge in [0.15, 0.2) is 0 Å². The number of sulfone groups is 1. The van der Waals surface area contributed by atoms with Gasteiger partial charge in [0.05, 0.1) is 5.75 Å². The van der Waals surface area contributed by atoms with Crippen molar-refractivity contribution >= 4 is 21.6 Å². The van der Waals surface area contributed by atoms with E-state index in [4.69, 9.17) is 0 Å². The van der Waals surface area contributed by atoms with Crippen molar-refractivity contribution in [1.29, 1.82) is 0 Å². The van der Waals surface area contributed by atoms with Crippen LogP contribution in [0.3, 0.4) is 0 Å². The molecule has 3 nitrogen and oxygen atoms in total. The molecule has 0 heterocycles. The van der Waals surface area contributed by atoms with Crippen molar-refractivity contribution in [2.24, 2.45) is 0 Å². The van der Waals surface area contributed by atoms with E-state index in [0.717, 1.165) is 13.0 Å². The van der Waals surface area contributed by atoms with Crippen LogP contribution in [-0.4, -0.2) is 44.0 Å². The maximum atomic E-state index is 10.9. The Hall–Kier alpha value is 0.260. The average molecular weight is 253 g/mol. The third kappa shape index (κ3) is 10.5. The summed E-state index contributed by atoms with van der Waals surface area (Å²) in [5.74, 6) is 0.996. The second kappa shape index (κ2) is 7.52. The third-order valence-corrected chi connectivity index (χ3v) is 4.50. The van der Waals surface area contributed by atoms with Gasteiger partial charge in [-0.2, -0.15) is 11.8 Å². The van der Waals surface area contributed by atoms with Crippen molar-refractivity contribution in [3.8, 4) is 0 Å². The zero-order valence-electron chi connectivity index (χ0n) is 10.1. The van der Waals surface area contributed by atoms with Crippen LogP contribution in [0.1, 0.15) is 27.2 Å². The molecule has 0 spiro atoms. The number of rotatable bonds is 8. The van der Waals surface area contributed by atoms with E-state index in [1.165, 1.54) is 6.26 Å². The van der Waals surface area contributed by atoms with Gasteiger partial charge in [0.2, 0.25) is 0 Å². The van der Waals surface area contributed by atoms with Gasteiger partial charge in [0.25, 0.3) is 0 Å². The highest BCUT2D eigenvalue weighted by atomic mass is 32.2. The molecular formula is C10H23NO2S2. The number of nitrogens with one attached hydrogen (secondary N) is 1. The minimum Gasteiger partial charge on any atom is -0.314 e. The molecule has 0 amide bonds. The summed E-state index contributed by atoms with van der Waals surface area (Å²) in [6.07, 6.45) is 2.38. The average Bonchev–Trinajstić information content (AvgIpc) is 2.01. The van der Waals surface area contributed by atoms with E-state index in [0.29, 0.717) is 17.0 Å². The summed E-state index contributed by atoms with van der Waals surface area (Å²) >= 11 is 1.74. The first-order valence-electron chi connectivity index (χ1n) is 5.38. The molecule has 0 bridgehead atoms. The molecule has 0 aliphatic rings. The van der Waals surface area contributed by atoms with Crippen LogP contribution in [0, 0.1) is 0 Å². The molecule has 0 aliphatic carbocycles. The van der Waals surface area contributed by atoms with E-state index < -0.39 is 9.84 Å². The second-order valence-corrected chi connectivity index (χ2v) is 7.81. The molecule has 0 radical (unpaired) electrons. The lowest BCUT2D eigenvalue weighted by Crippen LogP contribution is -2.28. The first kappa shape index (κ1) is 15.3. The quantitative estimate of drug-likeness (QED) is 0.713. The van der Waals surface area contributed by atoms with Gasteiger partial charge in [-0.3, -0.25) is 0 Å². The Morgan fingerprint density at radius 1 is 1.33 bits per heavy atom. The van der Waals surface area contributed by atoms with Crippen LogP contribution in [0.25, 0.3) is 0 Å². The van der Waals surface area contributed by atoms with Crippen LogP contribution in [0.15, 0.2) is 0 Å². The maximum Gasteiger partial charge on any atom is 0.148 e. The van der Waals surface area contributed by atoms with Gasteiger partial charge in [-0.15, -0.1) is 0 Å². The Morgan fingerprint density at radius 3 is 2.40 bits per heavy atom. The van der Waals surface area contributed by atoms with E-state index >= 15 is 0 Å². The molecular weight excluding hydrogens is 230 g/mol. The molecule has 0 aromatic rings. The molecule has 0 fully saturated rings. The largest absolute Gasteiger partial charge is 0.314 e. The van der Waals surface area contributed by atoms with Crippen molar-refractivity contribution in [3.63, 3.8) is 0 Å². The highest BCUT2D eigenvalue weighted by Gasteiger charge is 2.09. The van der Waals surface area contributed by atoms with Gasteiger partial charge in [-0.05, 0) is 19.9 Å². The fraction of sp³-hybridized carbons (Fsp3) is 1.00. The molecule has 0 aliphatic heterocycles. The molecule has 1 N–H and O–H groups in total. The molecule has 2 unspecified atom stereocenters. The van der Waals surface area contributed by atoms with Gasteiger partial charge >= 0.3 is 0 Å². The van der Waals surface area contributed by atoms with Crippen molar-refractivity contribution in [2.45, 2.75) is 38.5 Å². The van der Waals surface area contributed by atoms with E-state index in [1.54, 1.807) is 11.8 Å². The fourth-order valence-electron chi connectivity index (χ4n) is 1.40. The molecule has 0 aromatic heterocycles. The van der Waals surface area contributed by atoms with E-state index in [9.17, 15) is 8.42 Å². The molecule has 0 aromatic carbocycles. The summed E-state index contributed by atoms with van der Waals surface area (Å²) < 4.78 is 21.8. The Morgan fingerprint density at radius 2 is 1.93 bits per heavy atom. The summed E-state index contributed by atoms with van der Waals surface area (Å²) in [6, 6.07) is 0.510. The van der Waals surface area contributed by atoms with Crippen molar-refractivity contribution in [1.82, 2.24) is 5.32 Å². The first-order chi connectivity index (χ1) is 6.85. The topological polar surface area (TPSA) is 46.2 Å². The fourth-order valence-corrected chi connectivity index (χ4v) is 3.82. The van der Waals surface area contributed by atoms with E-state index in [2.05, 4.69) is 26.1 Å². The zero-order valence-corrected chi connectivity index (χ0v) is 11.7. The summed E-state index contributed by atoms with van der Waals surface area (Å²) in [4.78, 5) is 0. The standard InChI is InChI=1S/C10H23NO2S2/c1-5-11-9(2)8-10(3)14-6-7-15(4,12)13/h9-11H,5-8H2,1-4H3. The molecule has 2 atom stereocenters. The van der Waals surface area contributed by atoms with Crippen molar-refractivity contribution < 1.29 is 8.42 Å². The smallest absolute Gasteiger partial charge is 0.148 e. The minimum absolute atomic E-state index is 0.289. The normalized spacial score (nSPS) is 16.3. The SMILES string of the molecule is CCNC(C)CC(C)SCCS(C)(=O)=O. The summed E-state index contributed by atoms with van der Waals surface area (Å²) in [6.45, 7) is 7.40. The third-order valence-electron chi connectivity index (χ3n) is 2.09. The number of hydrogen-bond donors (Lipinski definition) is 1. The summed E-state index contributed by atoms with van der Waals surface area (Å²) in [5.41, 5.74) is 0. The molecule has 92 valence electrons. The first-order valence-corrected chi connectivity index (χ1v) is 8.48. The molecule has 5 heteroatoms. The summed E-state index contributed by atoms with van der Waals surface area (Å²) in [5, 5.41) is 3.87. The van der Waals surface area contributed by atoms with E-state index in [-0.39, 0.29) is 5.75 Å². The van der Waals surface area contributed by atoms with Crippen LogP contribution in [0.5, 0.6) is 0 Å². The molecule has 0 saturated carbocycles. The Balaban J connectivity index is 3.61. The minimum atomic E-state index is -2.79. The molecule has 0 rings (SSSR count). The van der Waals surface area contributed by atoms with Crippen LogP contribution in [0.4, 0.5) is 0 Å². The second-order valence-electron chi connectivity index (χ2n) is 4.01. The predicted octanol–water partition coefficient (Wildman–Crippen LogP) is 1.54.